The number of benzene rings is 2. The van der Waals surface area contributed by atoms with Gasteiger partial charge in [0, 0.05) is 17.9 Å². The van der Waals surface area contributed by atoms with Gasteiger partial charge < -0.3 is 4.90 Å². The van der Waals surface area contributed by atoms with Crippen molar-refractivity contribution in [2.45, 2.75) is 227 Å². The first-order valence-electron chi connectivity index (χ1n) is 22.2. The van der Waals surface area contributed by atoms with Crippen molar-refractivity contribution in [3.8, 4) is 0 Å². The molecule has 1 nitrogen and oxygen atoms in total. The summed E-state index contributed by atoms with van der Waals surface area (Å²) < 4.78 is 0. The highest BCUT2D eigenvalue weighted by molar-refractivity contribution is 5.69. The largest absolute Gasteiger partial charge is 0.341 e. The highest BCUT2D eigenvalue weighted by atomic mass is 15.1. The monoisotopic (exact) mass is 674 g/mol. The summed E-state index contributed by atoms with van der Waals surface area (Å²) in [6.45, 7) is 10.4. The highest BCUT2D eigenvalue weighted by Crippen LogP contribution is 2.36. The van der Waals surface area contributed by atoms with Crippen LogP contribution >= 0.6 is 0 Å². The van der Waals surface area contributed by atoms with Gasteiger partial charge in [-0.2, -0.15) is 0 Å². The third-order valence-electron chi connectivity index (χ3n) is 11.0. The Labute approximate surface area is 307 Å². The molecule has 49 heavy (non-hydrogen) atoms. The first kappa shape index (κ1) is 43.4. The third-order valence-corrected chi connectivity index (χ3v) is 11.0. The predicted molar refractivity (Wildman–Crippen MR) is 223 cm³/mol. The number of nitrogens with zero attached hydrogens (tertiary/aromatic N) is 1. The van der Waals surface area contributed by atoms with Gasteiger partial charge in [-0.3, -0.25) is 0 Å². The molecule has 0 aliphatic rings. The molecule has 2 aromatic rings. The highest BCUT2D eigenvalue weighted by Gasteiger charge is 2.19. The smallest absolute Gasteiger partial charge is 0.0446 e. The van der Waals surface area contributed by atoms with E-state index in [9.17, 15) is 0 Å². The molecule has 2 rings (SSSR count). The van der Waals surface area contributed by atoms with Crippen molar-refractivity contribution in [2.24, 2.45) is 0 Å². The van der Waals surface area contributed by atoms with Crippen LogP contribution in [0.25, 0.3) is 0 Å². The molecular weight excluding hydrogens is 591 g/mol. The van der Waals surface area contributed by atoms with Crippen LogP contribution in [0.5, 0.6) is 0 Å². The Balaban J connectivity index is 2.33. The molecule has 0 saturated heterocycles. The van der Waals surface area contributed by atoms with Crippen molar-refractivity contribution in [1.29, 1.82) is 0 Å². The van der Waals surface area contributed by atoms with Crippen molar-refractivity contribution in [2.75, 3.05) is 11.4 Å². The van der Waals surface area contributed by atoms with E-state index < -0.39 is 0 Å². The van der Waals surface area contributed by atoms with Crippen LogP contribution in [0.4, 0.5) is 11.4 Å². The van der Waals surface area contributed by atoms with Gasteiger partial charge in [0.15, 0.2) is 0 Å². The molecule has 0 heterocycles. The van der Waals surface area contributed by atoms with E-state index in [0.717, 1.165) is 6.54 Å². The van der Waals surface area contributed by atoms with Gasteiger partial charge in [-0.25, -0.2) is 0 Å². The van der Waals surface area contributed by atoms with E-state index >= 15 is 0 Å². The van der Waals surface area contributed by atoms with Crippen molar-refractivity contribution in [3.63, 3.8) is 0 Å². The Morgan fingerprint density at radius 1 is 0.347 bits per heavy atom. The van der Waals surface area contributed by atoms with Crippen LogP contribution in [0.1, 0.15) is 224 Å². The van der Waals surface area contributed by atoms with Gasteiger partial charge in [0.25, 0.3) is 0 Å². The second-order valence-electron chi connectivity index (χ2n) is 15.4. The Morgan fingerprint density at radius 3 is 1.20 bits per heavy atom. The average Bonchev–Trinajstić information content (AvgIpc) is 3.12. The summed E-state index contributed by atoms with van der Waals surface area (Å²) in [5.41, 5.74) is 8.07. The normalized spacial score (nSPS) is 11.4. The summed E-state index contributed by atoms with van der Waals surface area (Å²) >= 11 is 0. The van der Waals surface area contributed by atoms with E-state index in [1.54, 1.807) is 16.7 Å². The van der Waals surface area contributed by atoms with Crippen molar-refractivity contribution >= 4 is 11.4 Å². The minimum atomic E-state index is 1.13. The standard InChI is InChI=1S/C48H83N/c1-5-9-13-17-21-25-30-36-44-41-42-48(49(45-37-31-29-32-38-45)43-35-28-24-20-16-12-8-4)47(40-34-27-23-19-15-11-7-3)46(44)39-33-26-22-18-14-10-6-2/h29,31-32,37-38,41-42H,5-28,30,33-36,39-40,43H2,1-4H3. The summed E-state index contributed by atoms with van der Waals surface area (Å²) in [7, 11) is 0. The Hall–Kier alpha value is -1.76. The van der Waals surface area contributed by atoms with Gasteiger partial charge in [-0.15, -0.1) is 0 Å². The summed E-state index contributed by atoms with van der Waals surface area (Å²) in [5.74, 6) is 0. The van der Waals surface area contributed by atoms with Crippen molar-refractivity contribution < 1.29 is 0 Å². The molecule has 0 amide bonds. The summed E-state index contributed by atoms with van der Waals surface area (Å²) in [5, 5.41) is 0. The maximum Gasteiger partial charge on any atom is 0.0446 e. The molecule has 1 heteroatoms. The lowest BCUT2D eigenvalue weighted by molar-refractivity contribution is 0.577. The van der Waals surface area contributed by atoms with Crippen molar-refractivity contribution in [1.82, 2.24) is 0 Å². The van der Waals surface area contributed by atoms with Crippen LogP contribution in [-0.2, 0) is 19.3 Å². The molecule has 0 aliphatic heterocycles. The van der Waals surface area contributed by atoms with Gasteiger partial charge >= 0.3 is 0 Å². The summed E-state index contributed by atoms with van der Waals surface area (Å²) in [6, 6.07) is 16.6. The number of aryl methyl sites for hydroxylation is 1. The molecule has 0 saturated carbocycles. The van der Waals surface area contributed by atoms with E-state index in [0.29, 0.717) is 0 Å². The van der Waals surface area contributed by atoms with E-state index in [4.69, 9.17) is 0 Å². The van der Waals surface area contributed by atoms with E-state index in [2.05, 4.69) is 75.1 Å². The number of rotatable bonds is 34. The lowest BCUT2D eigenvalue weighted by Gasteiger charge is -2.30. The molecule has 0 fully saturated rings. The zero-order chi connectivity index (χ0) is 35.0. The van der Waals surface area contributed by atoms with Crippen LogP contribution in [0.15, 0.2) is 42.5 Å². The minimum Gasteiger partial charge on any atom is -0.341 e. The van der Waals surface area contributed by atoms with Crippen LogP contribution in [0.3, 0.4) is 0 Å². The lowest BCUT2D eigenvalue weighted by Crippen LogP contribution is -2.21. The predicted octanol–water partition coefficient (Wildman–Crippen LogP) is 16.5. The molecule has 2 aromatic carbocycles. The molecule has 0 N–H and O–H groups in total. The van der Waals surface area contributed by atoms with Crippen molar-refractivity contribution in [3.05, 3.63) is 59.2 Å². The van der Waals surface area contributed by atoms with Gasteiger partial charge in [0.1, 0.15) is 0 Å². The Bertz CT molecular complexity index is 994. The molecule has 0 atom stereocenters. The zero-order valence-corrected chi connectivity index (χ0v) is 33.6. The third kappa shape index (κ3) is 20.0. The maximum absolute atomic E-state index is 2.73. The molecule has 0 bridgehead atoms. The topological polar surface area (TPSA) is 3.24 Å². The Kier molecular flexibility index (Phi) is 27.5. The van der Waals surface area contributed by atoms with Gasteiger partial charge in [0.2, 0.25) is 0 Å². The quantitative estimate of drug-likeness (QED) is 0.0668. The fraction of sp³-hybridized carbons (Fsp3) is 0.750. The zero-order valence-electron chi connectivity index (χ0n) is 33.6. The lowest BCUT2D eigenvalue weighted by atomic mass is 9.88. The molecule has 0 aliphatic carbocycles. The first-order chi connectivity index (χ1) is 24.3. The fourth-order valence-corrected chi connectivity index (χ4v) is 7.82. The molecule has 0 unspecified atom stereocenters. The van der Waals surface area contributed by atoms with Crippen LogP contribution in [-0.4, -0.2) is 6.54 Å². The van der Waals surface area contributed by atoms with Crippen LogP contribution < -0.4 is 4.90 Å². The second kappa shape index (κ2) is 31.0. The number of hydrogen-bond acceptors (Lipinski definition) is 1. The van der Waals surface area contributed by atoms with Gasteiger partial charge in [-0.05, 0) is 79.8 Å². The number of para-hydroxylation sites is 1. The molecular formula is C48H83N. The van der Waals surface area contributed by atoms with E-state index in [1.807, 2.05) is 0 Å². The molecule has 0 spiro atoms. The maximum atomic E-state index is 2.73. The number of hydrogen-bond donors (Lipinski definition) is 0. The molecule has 0 aromatic heterocycles. The van der Waals surface area contributed by atoms with E-state index in [-0.39, 0.29) is 0 Å². The van der Waals surface area contributed by atoms with Gasteiger partial charge in [-0.1, -0.05) is 206 Å². The molecule has 0 radical (unpaired) electrons. The second-order valence-corrected chi connectivity index (χ2v) is 15.4. The van der Waals surface area contributed by atoms with Gasteiger partial charge in [0.05, 0.1) is 0 Å². The van der Waals surface area contributed by atoms with Crippen LogP contribution in [0, 0.1) is 0 Å². The summed E-state index contributed by atoms with van der Waals surface area (Å²) in [4.78, 5) is 2.73. The molecule has 280 valence electrons. The Morgan fingerprint density at radius 2 is 0.735 bits per heavy atom. The average molecular weight is 674 g/mol. The van der Waals surface area contributed by atoms with E-state index in [1.165, 1.54) is 210 Å². The number of anilines is 2. The summed E-state index contributed by atoms with van der Waals surface area (Å²) in [6.07, 6.45) is 42.5. The fourth-order valence-electron chi connectivity index (χ4n) is 7.82. The SMILES string of the molecule is CCCCCCCCCc1ccc(N(CCCCCCCCC)c2ccccc2)c(CCCCCCCCC)c1CCCCCCCCC. The minimum absolute atomic E-state index is 1.13. The number of unbranched alkanes of at least 4 members (excludes halogenated alkanes) is 24. The van der Waals surface area contributed by atoms with Crippen LogP contribution in [0.2, 0.25) is 0 Å². The first-order valence-corrected chi connectivity index (χ1v) is 22.2.